The molecule has 5 rings (SSSR count). The summed E-state index contributed by atoms with van der Waals surface area (Å²) in [4.78, 5) is 25.1. The number of furan rings is 1. The third-order valence-electron chi connectivity index (χ3n) is 6.45. The van der Waals surface area contributed by atoms with E-state index in [0.29, 0.717) is 43.5 Å². The van der Waals surface area contributed by atoms with Crippen molar-refractivity contribution in [3.8, 4) is 17.7 Å². The fourth-order valence-corrected chi connectivity index (χ4v) is 5.63. The Hall–Kier alpha value is -3.12. The van der Waals surface area contributed by atoms with Crippen LogP contribution in [0, 0.1) is 23.2 Å². The standard InChI is InChI=1S/C23H25N5O3S/c1-2-14-5-6-16-19(12-14)32-23(26-16)27-20(29)15-7-9-28(10-8-15)22-17(13-24)25-21(31-22)18-4-3-11-30-18/h3-4,11,14-15H,2,5-10,12H2,1H3,(H,26,27,29)/t14-/m1/s1. The predicted octanol–water partition coefficient (Wildman–Crippen LogP) is 4.63. The van der Waals surface area contributed by atoms with E-state index in [9.17, 15) is 10.1 Å². The van der Waals surface area contributed by atoms with Crippen LogP contribution in [0.2, 0.25) is 0 Å². The number of fused-ring (bicyclic) bond motifs is 1. The van der Waals surface area contributed by atoms with Crippen molar-refractivity contribution in [3.63, 3.8) is 0 Å². The fraction of sp³-hybridized carbons (Fsp3) is 0.478. The lowest BCUT2D eigenvalue weighted by molar-refractivity contribution is -0.120. The summed E-state index contributed by atoms with van der Waals surface area (Å²) in [6.45, 7) is 3.47. The molecule has 1 aliphatic heterocycles. The number of carbonyl (C=O) groups excluding carboxylic acids is 1. The second-order valence-electron chi connectivity index (χ2n) is 8.42. The Labute approximate surface area is 190 Å². The molecular weight excluding hydrogens is 426 g/mol. The third kappa shape index (κ3) is 4.02. The molecule has 1 fully saturated rings. The topological polar surface area (TPSA) is 108 Å². The summed E-state index contributed by atoms with van der Waals surface area (Å²) >= 11 is 1.63. The normalized spacial score (nSPS) is 18.9. The molecule has 0 spiro atoms. The van der Waals surface area contributed by atoms with Gasteiger partial charge in [0.1, 0.15) is 6.07 Å². The summed E-state index contributed by atoms with van der Waals surface area (Å²) in [6, 6.07) is 5.59. The van der Waals surface area contributed by atoms with Crippen LogP contribution in [-0.2, 0) is 17.6 Å². The maximum atomic E-state index is 12.9. The number of thiazole rings is 1. The van der Waals surface area contributed by atoms with E-state index in [1.54, 1.807) is 23.5 Å². The zero-order valence-electron chi connectivity index (χ0n) is 18.0. The van der Waals surface area contributed by atoms with Crippen LogP contribution in [-0.4, -0.2) is 29.0 Å². The third-order valence-corrected chi connectivity index (χ3v) is 7.48. The van der Waals surface area contributed by atoms with E-state index < -0.39 is 0 Å². The Morgan fingerprint density at radius 1 is 1.34 bits per heavy atom. The number of carbonyl (C=O) groups is 1. The lowest BCUT2D eigenvalue weighted by atomic mass is 9.89. The van der Waals surface area contributed by atoms with E-state index in [-0.39, 0.29) is 17.5 Å². The van der Waals surface area contributed by atoms with Crippen molar-refractivity contribution in [3.05, 3.63) is 34.7 Å². The highest BCUT2D eigenvalue weighted by molar-refractivity contribution is 7.15. The molecular formula is C23H25N5O3S. The van der Waals surface area contributed by atoms with E-state index >= 15 is 0 Å². The van der Waals surface area contributed by atoms with E-state index in [4.69, 9.17) is 8.83 Å². The lowest BCUT2D eigenvalue weighted by Crippen LogP contribution is -2.38. The summed E-state index contributed by atoms with van der Waals surface area (Å²) in [5.74, 6) is 1.89. The summed E-state index contributed by atoms with van der Waals surface area (Å²) in [5.41, 5.74) is 1.39. The number of aryl methyl sites for hydroxylation is 1. The van der Waals surface area contributed by atoms with E-state index in [0.717, 1.165) is 29.6 Å². The highest BCUT2D eigenvalue weighted by atomic mass is 32.1. The Balaban J connectivity index is 1.21. The van der Waals surface area contributed by atoms with Gasteiger partial charge in [0, 0.05) is 23.9 Å². The molecule has 1 saturated heterocycles. The van der Waals surface area contributed by atoms with Crippen molar-refractivity contribution < 1.29 is 13.6 Å². The number of rotatable bonds is 5. The zero-order valence-corrected chi connectivity index (χ0v) is 18.8. The smallest absolute Gasteiger partial charge is 0.266 e. The first-order valence-corrected chi connectivity index (χ1v) is 12.0. The van der Waals surface area contributed by atoms with Crippen LogP contribution < -0.4 is 10.2 Å². The molecule has 9 heteroatoms. The Morgan fingerprint density at radius 2 is 2.19 bits per heavy atom. The molecule has 2 aliphatic rings. The van der Waals surface area contributed by atoms with Gasteiger partial charge in [0.15, 0.2) is 10.9 Å². The van der Waals surface area contributed by atoms with Gasteiger partial charge in [-0.25, -0.2) is 4.98 Å². The largest absolute Gasteiger partial charge is 0.459 e. The fourth-order valence-electron chi connectivity index (χ4n) is 4.50. The Kier molecular flexibility index (Phi) is 5.70. The summed E-state index contributed by atoms with van der Waals surface area (Å²) in [6.07, 6.45) is 7.36. The van der Waals surface area contributed by atoms with Crippen LogP contribution >= 0.6 is 11.3 Å². The van der Waals surface area contributed by atoms with Crippen LogP contribution in [0.4, 0.5) is 11.0 Å². The number of piperidine rings is 1. The molecule has 0 unspecified atom stereocenters. The van der Waals surface area contributed by atoms with Crippen LogP contribution in [0.3, 0.4) is 0 Å². The molecule has 1 aliphatic carbocycles. The monoisotopic (exact) mass is 451 g/mol. The van der Waals surface area contributed by atoms with Crippen molar-refractivity contribution in [1.29, 1.82) is 5.26 Å². The molecule has 4 heterocycles. The van der Waals surface area contributed by atoms with Gasteiger partial charge in [0.25, 0.3) is 5.89 Å². The Morgan fingerprint density at radius 3 is 2.91 bits per heavy atom. The number of nitriles is 1. The van der Waals surface area contributed by atoms with Gasteiger partial charge in [-0.1, -0.05) is 13.3 Å². The Bertz CT molecular complexity index is 1140. The van der Waals surface area contributed by atoms with Crippen molar-refractivity contribution in [2.24, 2.45) is 11.8 Å². The van der Waals surface area contributed by atoms with Gasteiger partial charge in [0.05, 0.1) is 12.0 Å². The molecule has 3 aromatic rings. The SMILES string of the molecule is CC[C@@H]1CCc2nc(NC(=O)C3CCN(c4oc(-c5ccco5)nc4C#N)CC3)sc2C1. The quantitative estimate of drug-likeness (QED) is 0.602. The summed E-state index contributed by atoms with van der Waals surface area (Å²) in [7, 11) is 0. The highest BCUT2D eigenvalue weighted by Crippen LogP contribution is 2.35. The van der Waals surface area contributed by atoms with E-state index in [1.165, 1.54) is 24.0 Å². The van der Waals surface area contributed by atoms with Gasteiger partial charge in [-0.2, -0.15) is 10.2 Å². The molecule has 166 valence electrons. The van der Waals surface area contributed by atoms with Gasteiger partial charge < -0.3 is 19.1 Å². The van der Waals surface area contributed by atoms with Gasteiger partial charge >= 0.3 is 0 Å². The van der Waals surface area contributed by atoms with Crippen LogP contribution in [0.15, 0.2) is 27.2 Å². The molecule has 0 saturated carbocycles. The van der Waals surface area contributed by atoms with Crippen molar-refractivity contribution >= 4 is 28.3 Å². The number of hydrogen-bond donors (Lipinski definition) is 1. The maximum absolute atomic E-state index is 12.9. The predicted molar refractivity (Wildman–Crippen MR) is 120 cm³/mol. The number of oxazole rings is 1. The molecule has 1 atom stereocenters. The molecule has 0 bridgehead atoms. The van der Waals surface area contributed by atoms with Crippen LogP contribution in [0.1, 0.15) is 48.9 Å². The number of hydrogen-bond acceptors (Lipinski definition) is 8. The summed E-state index contributed by atoms with van der Waals surface area (Å²) in [5, 5.41) is 13.2. The molecule has 32 heavy (non-hydrogen) atoms. The van der Waals surface area contributed by atoms with E-state index in [2.05, 4.69) is 28.3 Å². The molecule has 1 amide bonds. The van der Waals surface area contributed by atoms with Crippen molar-refractivity contribution in [2.45, 2.75) is 45.4 Å². The highest BCUT2D eigenvalue weighted by Gasteiger charge is 2.30. The number of aromatic nitrogens is 2. The second kappa shape index (κ2) is 8.79. The first-order valence-electron chi connectivity index (χ1n) is 11.1. The van der Waals surface area contributed by atoms with Gasteiger partial charge in [0.2, 0.25) is 17.5 Å². The van der Waals surface area contributed by atoms with Crippen molar-refractivity contribution in [2.75, 3.05) is 23.3 Å². The van der Waals surface area contributed by atoms with Crippen LogP contribution in [0.25, 0.3) is 11.7 Å². The summed E-state index contributed by atoms with van der Waals surface area (Å²) < 4.78 is 11.2. The molecule has 0 radical (unpaired) electrons. The molecule has 1 N–H and O–H groups in total. The van der Waals surface area contributed by atoms with Gasteiger partial charge in [-0.15, -0.1) is 11.3 Å². The molecule has 0 aromatic carbocycles. The first kappa shape index (κ1) is 20.8. The van der Waals surface area contributed by atoms with E-state index in [1.807, 2.05) is 4.90 Å². The maximum Gasteiger partial charge on any atom is 0.266 e. The average Bonchev–Trinajstić information content (AvgIpc) is 3.57. The number of anilines is 2. The number of nitrogens with one attached hydrogen (secondary N) is 1. The lowest BCUT2D eigenvalue weighted by Gasteiger charge is -2.30. The van der Waals surface area contributed by atoms with Crippen molar-refractivity contribution in [1.82, 2.24) is 9.97 Å². The first-order chi connectivity index (χ1) is 15.6. The number of amides is 1. The van der Waals surface area contributed by atoms with Gasteiger partial charge in [-0.3, -0.25) is 4.79 Å². The average molecular weight is 452 g/mol. The molecule has 8 nitrogen and oxygen atoms in total. The second-order valence-corrected chi connectivity index (χ2v) is 9.50. The minimum Gasteiger partial charge on any atom is -0.459 e. The van der Waals surface area contributed by atoms with Crippen LogP contribution in [0.5, 0.6) is 0 Å². The zero-order chi connectivity index (χ0) is 22.1. The molecule has 3 aromatic heterocycles. The van der Waals surface area contributed by atoms with Gasteiger partial charge in [-0.05, 0) is 50.2 Å². The minimum absolute atomic E-state index is 0.0251. The number of nitrogens with zero attached hydrogens (tertiary/aromatic N) is 4. The minimum atomic E-state index is -0.0893.